The molecule has 100 valence electrons. The fourth-order valence-electron chi connectivity index (χ4n) is 2.67. The Bertz CT molecular complexity index is 596. The minimum atomic E-state index is -1.02. The van der Waals surface area contributed by atoms with Crippen molar-refractivity contribution in [3.8, 4) is 0 Å². The molecule has 0 radical (unpaired) electrons. The number of piperidine rings is 1. The molecule has 4 nitrogen and oxygen atoms in total. The van der Waals surface area contributed by atoms with E-state index in [1.54, 1.807) is 6.07 Å². The van der Waals surface area contributed by atoms with Crippen molar-refractivity contribution in [1.82, 2.24) is 4.90 Å². The summed E-state index contributed by atoms with van der Waals surface area (Å²) in [6, 6.07) is 7.50. The van der Waals surface area contributed by atoms with Crippen molar-refractivity contribution in [2.75, 3.05) is 13.1 Å². The van der Waals surface area contributed by atoms with Crippen LogP contribution in [-0.4, -0.2) is 29.1 Å². The molecule has 1 aromatic carbocycles. The first kappa shape index (κ1) is 12.2. The number of likely N-dealkylation sites (tertiary alicyclic amines) is 1. The molecule has 2 heterocycles. The number of aromatic carboxylic acids is 1. The number of carboxylic acid groups (broad SMARTS) is 1. The normalized spacial score (nSPS) is 16.8. The topological polar surface area (TPSA) is 53.7 Å². The summed E-state index contributed by atoms with van der Waals surface area (Å²) >= 11 is 0. The zero-order chi connectivity index (χ0) is 13.2. The van der Waals surface area contributed by atoms with Crippen LogP contribution in [0, 0.1) is 0 Å². The molecule has 1 saturated heterocycles. The molecule has 3 rings (SSSR count). The maximum Gasteiger partial charge on any atom is 0.371 e. The molecule has 19 heavy (non-hydrogen) atoms. The van der Waals surface area contributed by atoms with Gasteiger partial charge >= 0.3 is 5.97 Å². The Kier molecular flexibility index (Phi) is 3.25. The number of hydrogen-bond donors (Lipinski definition) is 1. The van der Waals surface area contributed by atoms with Crippen LogP contribution in [0.3, 0.4) is 0 Å². The lowest BCUT2D eigenvalue weighted by molar-refractivity contribution is 0.0665. The third-order valence-corrected chi connectivity index (χ3v) is 3.65. The van der Waals surface area contributed by atoms with E-state index in [-0.39, 0.29) is 5.76 Å². The van der Waals surface area contributed by atoms with Crippen LogP contribution in [0.4, 0.5) is 0 Å². The number of rotatable bonds is 3. The van der Waals surface area contributed by atoms with Crippen molar-refractivity contribution < 1.29 is 14.3 Å². The molecule has 1 aliphatic heterocycles. The number of carbonyl (C=O) groups is 1. The van der Waals surface area contributed by atoms with Crippen LogP contribution in [0.5, 0.6) is 0 Å². The average molecular weight is 259 g/mol. The Labute approximate surface area is 111 Å². The predicted molar refractivity (Wildman–Crippen MR) is 72.3 cm³/mol. The lowest BCUT2D eigenvalue weighted by atomic mass is 10.1. The molecule has 4 heteroatoms. The summed E-state index contributed by atoms with van der Waals surface area (Å²) < 4.78 is 5.26. The second-order valence-electron chi connectivity index (χ2n) is 5.12. The van der Waals surface area contributed by atoms with Gasteiger partial charge in [0.1, 0.15) is 5.58 Å². The van der Waals surface area contributed by atoms with Gasteiger partial charge in [0, 0.05) is 11.9 Å². The predicted octanol–water partition coefficient (Wildman–Crippen LogP) is 3.12. The van der Waals surface area contributed by atoms with Crippen LogP contribution < -0.4 is 0 Å². The van der Waals surface area contributed by atoms with E-state index in [4.69, 9.17) is 9.52 Å². The van der Waals surface area contributed by atoms with E-state index >= 15 is 0 Å². The highest BCUT2D eigenvalue weighted by Gasteiger charge is 2.13. The summed E-state index contributed by atoms with van der Waals surface area (Å²) in [7, 11) is 0. The Morgan fingerprint density at radius 2 is 2.00 bits per heavy atom. The van der Waals surface area contributed by atoms with Gasteiger partial charge in [-0.3, -0.25) is 4.90 Å². The van der Waals surface area contributed by atoms with Crippen LogP contribution in [0.2, 0.25) is 0 Å². The van der Waals surface area contributed by atoms with Gasteiger partial charge in [-0.2, -0.15) is 0 Å². The Balaban J connectivity index is 1.82. The maximum atomic E-state index is 10.9. The van der Waals surface area contributed by atoms with E-state index in [1.165, 1.54) is 24.8 Å². The molecule has 0 unspecified atom stereocenters. The Hall–Kier alpha value is -1.81. The molecule has 0 saturated carbocycles. The summed E-state index contributed by atoms with van der Waals surface area (Å²) in [5, 5.41) is 9.78. The number of fused-ring (bicyclic) bond motifs is 1. The SMILES string of the molecule is O=C(O)c1cc2cc(CN3CCCCC3)ccc2o1. The van der Waals surface area contributed by atoms with Crippen LogP contribution in [-0.2, 0) is 6.54 Å². The third kappa shape index (κ3) is 2.63. The van der Waals surface area contributed by atoms with E-state index in [0.717, 1.165) is 25.0 Å². The molecule has 0 bridgehead atoms. The first-order valence-corrected chi connectivity index (χ1v) is 6.70. The van der Waals surface area contributed by atoms with Crippen molar-refractivity contribution >= 4 is 16.9 Å². The summed E-state index contributed by atoms with van der Waals surface area (Å²) in [6.07, 6.45) is 3.88. The smallest absolute Gasteiger partial charge is 0.371 e. The van der Waals surface area contributed by atoms with Crippen molar-refractivity contribution in [2.45, 2.75) is 25.8 Å². The zero-order valence-electron chi connectivity index (χ0n) is 10.8. The largest absolute Gasteiger partial charge is 0.475 e. The monoisotopic (exact) mass is 259 g/mol. The van der Waals surface area contributed by atoms with Crippen LogP contribution in [0.1, 0.15) is 35.4 Å². The first-order valence-electron chi connectivity index (χ1n) is 6.70. The number of carboxylic acids is 1. The summed E-state index contributed by atoms with van der Waals surface area (Å²) in [4.78, 5) is 13.3. The highest BCUT2D eigenvalue weighted by molar-refractivity contribution is 5.91. The van der Waals surface area contributed by atoms with Gasteiger partial charge in [-0.1, -0.05) is 12.5 Å². The van der Waals surface area contributed by atoms with Crippen molar-refractivity contribution in [1.29, 1.82) is 0 Å². The van der Waals surface area contributed by atoms with E-state index in [1.807, 2.05) is 18.2 Å². The van der Waals surface area contributed by atoms with Gasteiger partial charge in [-0.15, -0.1) is 0 Å². The summed E-state index contributed by atoms with van der Waals surface area (Å²) in [6.45, 7) is 3.25. The lowest BCUT2D eigenvalue weighted by Gasteiger charge is -2.26. The average Bonchev–Trinajstić information content (AvgIpc) is 2.83. The molecule has 2 aromatic rings. The molecule has 0 atom stereocenters. The van der Waals surface area contributed by atoms with Crippen LogP contribution in [0.25, 0.3) is 11.0 Å². The number of furan rings is 1. The molecular weight excluding hydrogens is 242 g/mol. The van der Waals surface area contributed by atoms with Gasteiger partial charge in [0.05, 0.1) is 0 Å². The van der Waals surface area contributed by atoms with Crippen molar-refractivity contribution in [3.63, 3.8) is 0 Å². The van der Waals surface area contributed by atoms with Gasteiger partial charge < -0.3 is 9.52 Å². The van der Waals surface area contributed by atoms with Crippen LogP contribution in [0.15, 0.2) is 28.7 Å². The molecule has 0 aliphatic carbocycles. The van der Waals surface area contributed by atoms with E-state index in [0.29, 0.717) is 5.58 Å². The van der Waals surface area contributed by atoms with E-state index in [9.17, 15) is 4.79 Å². The fraction of sp³-hybridized carbons (Fsp3) is 0.400. The Morgan fingerprint density at radius 3 is 2.74 bits per heavy atom. The van der Waals surface area contributed by atoms with Gasteiger partial charge in [0.15, 0.2) is 0 Å². The quantitative estimate of drug-likeness (QED) is 0.920. The minimum absolute atomic E-state index is 0.00474. The number of benzene rings is 1. The molecule has 0 spiro atoms. The zero-order valence-corrected chi connectivity index (χ0v) is 10.8. The van der Waals surface area contributed by atoms with E-state index < -0.39 is 5.97 Å². The molecular formula is C15H17NO3. The molecule has 0 amide bonds. The molecule has 1 N–H and O–H groups in total. The molecule has 1 fully saturated rings. The second kappa shape index (κ2) is 5.05. The highest BCUT2D eigenvalue weighted by Crippen LogP contribution is 2.22. The van der Waals surface area contributed by atoms with Gasteiger partial charge in [-0.25, -0.2) is 4.79 Å². The molecule has 1 aromatic heterocycles. The highest BCUT2D eigenvalue weighted by atomic mass is 16.4. The van der Waals surface area contributed by atoms with Gasteiger partial charge in [-0.05, 0) is 49.7 Å². The fourth-order valence-corrected chi connectivity index (χ4v) is 2.67. The van der Waals surface area contributed by atoms with Crippen LogP contribution >= 0.6 is 0 Å². The van der Waals surface area contributed by atoms with Gasteiger partial charge in [0.2, 0.25) is 5.76 Å². The second-order valence-corrected chi connectivity index (χ2v) is 5.12. The summed E-state index contributed by atoms with van der Waals surface area (Å²) in [5.74, 6) is -1.01. The summed E-state index contributed by atoms with van der Waals surface area (Å²) in [5.41, 5.74) is 1.85. The standard InChI is InChI=1S/C15H17NO3/c17-15(18)14-9-12-8-11(4-5-13(12)19-14)10-16-6-2-1-3-7-16/h4-5,8-9H,1-3,6-7,10H2,(H,17,18). The maximum absolute atomic E-state index is 10.9. The first-order chi connectivity index (χ1) is 9.22. The minimum Gasteiger partial charge on any atom is -0.475 e. The lowest BCUT2D eigenvalue weighted by Crippen LogP contribution is -2.28. The molecule has 1 aliphatic rings. The number of hydrogen-bond acceptors (Lipinski definition) is 3. The third-order valence-electron chi connectivity index (χ3n) is 3.65. The van der Waals surface area contributed by atoms with Crippen molar-refractivity contribution in [3.05, 3.63) is 35.6 Å². The van der Waals surface area contributed by atoms with Crippen molar-refractivity contribution in [2.24, 2.45) is 0 Å². The van der Waals surface area contributed by atoms with E-state index in [2.05, 4.69) is 4.90 Å². The van der Waals surface area contributed by atoms with Gasteiger partial charge in [0.25, 0.3) is 0 Å². The number of nitrogens with zero attached hydrogens (tertiary/aromatic N) is 1. The Morgan fingerprint density at radius 1 is 1.21 bits per heavy atom.